The zero-order valence-corrected chi connectivity index (χ0v) is 18.8. The van der Waals surface area contributed by atoms with Gasteiger partial charge in [-0.3, -0.25) is 9.69 Å². The number of sulfone groups is 1. The van der Waals surface area contributed by atoms with Crippen LogP contribution in [0, 0.1) is 13.8 Å². The largest absolute Gasteiger partial charge is 0.325 e. The number of rotatable bonds is 5. The Bertz CT molecular complexity index is 1110. The fourth-order valence-corrected chi connectivity index (χ4v) is 6.51. The van der Waals surface area contributed by atoms with Gasteiger partial charge < -0.3 is 10.2 Å². The van der Waals surface area contributed by atoms with Crippen LogP contribution in [0.3, 0.4) is 0 Å². The molecule has 2 aromatic carbocycles. The van der Waals surface area contributed by atoms with Gasteiger partial charge in [-0.1, -0.05) is 25.1 Å². The summed E-state index contributed by atoms with van der Waals surface area (Å²) < 4.78 is 24.7. The summed E-state index contributed by atoms with van der Waals surface area (Å²) in [4.78, 5) is 28.9. The average molecular weight is 442 g/mol. The number of nitrogens with one attached hydrogen (secondary N) is 1. The second-order valence-electron chi connectivity index (χ2n) is 8.44. The maximum Gasteiger partial charge on any atom is 0.325 e. The summed E-state index contributed by atoms with van der Waals surface area (Å²) in [6, 6.07) is 12.0. The Morgan fingerprint density at radius 1 is 1.03 bits per heavy atom. The van der Waals surface area contributed by atoms with Crippen molar-refractivity contribution in [3.8, 4) is 0 Å². The molecule has 2 saturated heterocycles. The summed E-state index contributed by atoms with van der Waals surface area (Å²) in [6.07, 6.45) is 0.874. The number of benzene rings is 2. The highest BCUT2D eigenvalue weighted by atomic mass is 32.2. The van der Waals surface area contributed by atoms with E-state index in [-0.39, 0.29) is 30.0 Å². The van der Waals surface area contributed by atoms with E-state index >= 15 is 0 Å². The molecule has 0 saturated carbocycles. The highest BCUT2D eigenvalue weighted by Gasteiger charge is 2.54. The molecular weight excluding hydrogens is 414 g/mol. The molecule has 0 aliphatic carbocycles. The number of fused-ring (bicyclic) bond motifs is 1. The number of nitrogens with zero attached hydrogens (tertiary/aromatic N) is 2. The Labute approximate surface area is 183 Å². The number of carbonyl (C=O) groups excluding carboxylic acids is 2. The molecule has 31 heavy (non-hydrogen) atoms. The summed E-state index contributed by atoms with van der Waals surface area (Å²) in [5.41, 5.74) is 4.51. The zero-order valence-electron chi connectivity index (χ0n) is 18.0. The molecule has 0 radical (unpaired) electrons. The number of hydrogen-bond acceptors (Lipinski definition) is 4. The van der Waals surface area contributed by atoms with Crippen molar-refractivity contribution in [2.24, 2.45) is 0 Å². The first-order chi connectivity index (χ1) is 14.7. The lowest BCUT2D eigenvalue weighted by atomic mass is 10.1. The summed E-state index contributed by atoms with van der Waals surface area (Å²) in [5.74, 6) is -0.553. The number of anilines is 2. The minimum Gasteiger partial charge on any atom is -0.325 e. The summed E-state index contributed by atoms with van der Waals surface area (Å²) in [6.45, 7) is 5.75. The first-order valence-corrected chi connectivity index (χ1v) is 12.3. The van der Waals surface area contributed by atoms with Crippen LogP contribution in [-0.2, 0) is 21.1 Å². The summed E-state index contributed by atoms with van der Waals surface area (Å²) in [5, 5.41) is 2.84. The zero-order chi connectivity index (χ0) is 22.3. The molecular formula is C23H27N3O4S. The van der Waals surface area contributed by atoms with Crippen LogP contribution in [0.4, 0.5) is 16.2 Å². The number of amides is 3. The van der Waals surface area contributed by atoms with Crippen LogP contribution < -0.4 is 10.2 Å². The van der Waals surface area contributed by atoms with E-state index in [0.29, 0.717) is 11.4 Å². The van der Waals surface area contributed by atoms with Crippen LogP contribution in [0.15, 0.2) is 42.5 Å². The predicted molar refractivity (Wildman–Crippen MR) is 121 cm³/mol. The molecule has 0 spiro atoms. The van der Waals surface area contributed by atoms with Crippen LogP contribution in [0.5, 0.6) is 0 Å². The molecule has 8 heteroatoms. The molecule has 2 aromatic rings. The Morgan fingerprint density at radius 2 is 1.65 bits per heavy atom. The van der Waals surface area contributed by atoms with Gasteiger partial charge in [0.1, 0.15) is 6.54 Å². The number of hydrogen-bond donors (Lipinski definition) is 1. The lowest BCUT2D eigenvalue weighted by Gasteiger charge is -2.22. The fraction of sp³-hybridized carbons (Fsp3) is 0.391. The van der Waals surface area contributed by atoms with Gasteiger partial charge in [0.25, 0.3) is 0 Å². The van der Waals surface area contributed by atoms with E-state index in [1.54, 1.807) is 4.90 Å². The molecule has 0 aromatic heterocycles. The van der Waals surface area contributed by atoms with Crippen molar-refractivity contribution in [1.82, 2.24) is 4.90 Å². The van der Waals surface area contributed by atoms with Crippen molar-refractivity contribution in [2.75, 3.05) is 28.3 Å². The molecule has 4 rings (SSSR count). The van der Waals surface area contributed by atoms with Crippen molar-refractivity contribution in [3.63, 3.8) is 0 Å². The van der Waals surface area contributed by atoms with Gasteiger partial charge in [0.15, 0.2) is 9.84 Å². The van der Waals surface area contributed by atoms with Gasteiger partial charge in [0.05, 0.1) is 23.6 Å². The van der Waals surface area contributed by atoms with Crippen LogP contribution >= 0.6 is 0 Å². The van der Waals surface area contributed by atoms with Gasteiger partial charge in [-0.25, -0.2) is 13.2 Å². The SMILES string of the molecule is CCc1ccc(N2C(=O)N(CC(=O)Nc3cc(C)cc(C)c3)[C@H]3CS(=O)(=O)C[C@H]32)cc1. The van der Waals surface area contributed by atoms with E-state index in [1.807, 2.05) is 63.2 Å². The summed E-state index contributed by atoms with van der Waals surface area (Å²) >= 11 is 0. The lowest BCUT2D eigenvalue weighted by molar-refractivity contribution is -0.116. The molecule has 0 bridgehead atoms. The molecule has 2 aliphatic heterocycles. The van der Waals surface area contributed by atoms with Gasteiger partial charge in [-0.05, 0) is 61.2 Å². The molecule has 0 unspecified atom stereocenters. The number of urea groups is 1. The molecule has 2 heterocycles. The topological polar surface area (TPSA) is 86.8 Å². The molecule has 164 valence electrons. The van der Waals surface area contributed by atoms with Gasteiger partial charge in [0, 0.05) is 11.4 Å². The van der Waals surface area contributed by atoms with Crippen LogP contribution in [0.25, 0.3) is 0 Å². The molecule has 7 nitrogen and oxygen atoms in total. The van der Waals surface area contributed by atoms with Crippen LogP contribution in [0.1, 0.15) is 23.6 Å². The molecule has 1 N–H and O–H groups in total. The first kappa shape index (κ1) is 21.4. The second kappa shape index (κ2) is 8.00. The second-order valence-corrected chi connectivity index (χ2v) is 10.6. The Morgan fingerprint density at radius 3 is 2.26 bits per heavy atom. The van der Waals surface area contributed by atoms with E-state index in [2.05, 4.69) is 5.32 Å². The molecule has 2 atom stereocenters. The predicted octanol–water partition coefficient (Wildman–Crippen LogP) is 2.91. The third-order valence-electron chi connectivity index (χ3n) is 5.92. The third kappa shape index (κ3) is 4.30. The number of aryl methyl sites for hydroxylation is 3. The van der Waals surface area contributed by atoms with Crippen molar-refractivity contribution >= 4 is 33.2 Å². The Kier molecular flexibility index (Phi) is 5.51. The van der Waals surface area contributed by atoms with E-state index in [4.69, 9.17) is 0 Å². The highest BCUT2D eigenvalue weighted by molar-refractivity contribution is 7.91. The standard InChI is InChI=1S/C23H27N3O4S/c1-4-17-5-7-19(8-6-17)26-21-14-31(29,30)13-20(21)25(23(26)28)12-22(27)24-18-10-15(2)9-16(3)11-18/h5-11,20-21H,4,12-14H2,1-3H3,(H,24,27)/t20-,21+/m0/s1. The number of carbonyl (C=O) groups is 2. The van der Waals surface area contributed by atoms with E-state index in [9.17, 15) is 18.0 Å². The molecule has 2 fully saturated rings. The van der Waals surface area contributed by atoms with Crippen LogP contribution in [-0.4, -0.2) is 55.4 Å². The fourth-order valence-electron chi connectivity index (χ4n) is 4.56. The maximum atomic E-state index is 13.3. The van der Waals surface area contributed by atoms with Crippen molar-refractivity contribution in [1.29, 1.82) is 0 Å². The minimum absolute atomic E-state index is 0.0892. The van der Waals surface area contributed by atoms with Crippen molar-refractivity contribution < 1.29 is 18.0 Å². The molecule has 3 amide bonds. The highest BCUT2D eigenvalue weighted by Crippen LogP contribution is 2.35. The van der Waals surface area contributed by atoms with Gasteiger partial charge in [-0.15, -0.1) is 0 Å². The monoisotopic (exact) mass is 441 g/mol. The van der Waals surface area contributed by atoms with Gasteiger partial charge in [-0.2, -0.15) is 0 Å². The van der Waals surface area contributed by atoms with E-state index < -0.39 is 21.9 Å². The average Bonchev–Trinajstić information content (AvgIpc) is 3.11. The Balaban J connectivity index is 1.57. The van der Waals surface area contributed by atoms with Crippen molar-refractivity contribution in [2.45, 2.75) is 39.3 Å². The third-order valence-corrected chi connectivity index (χ3v) is 7.62. The normalized spacial score (nSPS) is 22.0. The lowest BCUT2D eigenvalue weighted by Crippen LogP contribution is -2.42. The smallest absolute Gasteiger partial charge is 0.325 e. The summed E-state index contributed by atoms with van der Waals surface area (Å²) in [7, 11) is -3.29. The quantitative estimate of drug-likeness (QED) is 0.723. The van der Waals surface area contributed by atoms with Crippen molar-refractivity contribution in [3.05, 3.63) is 59.2 Å². The first-order valence-electron chi connectivity index (χ1n) is 10.4. The molecule has 2 aliphatic rings. The van der Waals surface area contributed by atoms with Crippen LogP contribution in [0.2, 0.25) is 0 Å². The van der Waals surface area contributed by atoms with Gasteiger partial charge >= 0.3 is 6.03 Å². The Hall–Kier alpha value is -2.87. The van der Waals surface area contributed by atoms with Gasteiger partial charge in [0.2, 0.25) is 5.91 Å². The maximum absolute atomic E-state index is 13.3. The van der Waals surface area contributed by atoms with E-state index in [1.165, 1.54) is 4.90 Å². The minimum atomic E-state index is -3.29. The van der Waals surface area contributed by atoms with E-state index in [0.717, 1.165) is 23.1 Å².